The Morgan fingerprint density at radius 3 is 2.22 bits per heavy atom. The van der Waals surface area contributed by atoms with Gasteiger partial charge in [-0.25, -0.2) is 8.78 Å². The first-order valence-corrected chi connectivity index (χ1v) is 7.36. The molecule has 1 aromatic rings. The minimum absolute atomic E-state index is 0.00127. The van der Waals surface area contributed by atoms with Gasteiger partial charge in [-0.3, -0.25) is 4.90 Å². The number of alkyl halides is 3. The predicted molar refractivity (Wildman–Crippen MR) is 75.4 cm³/mol. The molecule has 1 N–H and O–H groups in total. The van der Waals surface area contributed by atoms with Crippen molar-refractivity contribution in [3.05, 3.63) is 29.3 Å². The minimum Gasteiger partial charge on any atom is -0.497 e. The van der Waals surface area contributed by atoms with Crippen LogP contribution in [0, 0.1) is 11.6 Å². The summed E-state index contributed by atoms with van der Waals surface area (Å²) in [5.41, 5.74) is -0.322. The number of nitrogens with one attached hydrogen (secondary N) is 1. The Hall–Kier alpha value is -1.41. The highest BCUT2D eigenvalue weighted by atomic mass is 19.4. The van der Waals surface area contributed by atoms with Gasteiger partial charge in [0.15, 0.2) is 0 Å². The van der Waals surface area contributed by atoms with Gasteiger partial charge >= 0.3 is 6.18 Å². The second-order valence-electron chi connectivity index (χ2n) is 5.46. The molecule has 1 atom stereocenters. The second kappa shape index (κ2) is 7.44. The Bertz CT molecular complexity index is 506. The fourth-order valence-corrected chi connectivity index (χ4v) is 2.80. The molecule has 0 unspecified atom stereocenters. The van der Waals surface area contributed by atoms with Gasteiger partial charge in [-0.1, -0.05) is 0 Å². The number of nitrogens with zero attached hydrogens (tertiary/aromatic N) is 1. The lowest BCUT2D eigenvalue weighted by Crippen LogP contribution is -2.45. The molecule has 2 rings (SSSR count). The molecule has 0 aliphatic carbocycles. The molecule has 1 aliphatic heterocycles. The zero-order valence-electron chi connectivity index (χ0n) is 12.7. The van der Waals surface area contributed by atoms with E-state index in [1.165, 1.54) is 7.11 Å². The van der Waals surface area contributed by atoms with Crippen LogP contribution in [0.5, 0.6) is 5.75 Å². The van der Waals surface area contributed by atoms with Crippen molar-refractivity contribution in [2.45, 2.75) is 25.1 Å². The molecule has 0 bridgehead atoms. The van der Waals surface area contributed by atoms with E-state index in [9.17, 15) is 22.0 Å². The quantitative estimate of drug-likeness (QED) is 0.834. The van der Waals surface area contributed by atoms with E-state index in [0.717, 1.165) is 12.1 Å². The molecule has 0 saturated carbocycles. The van der Waals surface area contributed by atoms with E-state index in [2.05, 4.69) is 5.32 Å². The molecule has 1 aliphatic rings. The van der Waals surface area contributed by atoms with Gasteiger partial charge in [0.05, 0.1) is 7.11 Å². The number of methoxy groups -OCH3 is 1. The van der Waals surface area contributed by atoms with Crippen molar-refractivity contribution in [3.8, 4) is 5.75 Å². The van der Waals surface area contributed by atoms with E-state index in [1.54, 1.807) is 4.90 Å². The van der Waals surface area contributed by atoms with Crippen LogP contribution in [0.3, 0.4) is 0 Å². The van der Waals surface area contributed by atoms with Crippen molar-refractivity contribution in [3.63, 3.8) is 0 Å². The highest BCUT2D eigenvalue weighted by molar-refractivity contribution is 5.32. The summed E-state index contributed by atoms with van der Waals surface area (Å²) in [5, 5.41) is 3.07. The van der Waals surface area contributed by atoms with Gasteiger partial charge in [-0.2, -0.15) is 13.2 Å². The van der Waals surface area contributed by atoms with Crippen molar-refractivity contribution in [2.24, 2.45) is 0 Å². The molecule has 1 heterocycles. The van der Waals surface area contributed by atoms with Crippen LogP contribution < -0.4 is 10.1 Å². The summed E-state index contributed by atoms with van der Waals surface area (Å²) in [7, 11) is 1.27. The standard InChI is InChI=1S/C15H19F5N2O/c1-23-10-8-11(16)14(12(17)9-10)13(2-3-15(18,19)20)22-6-4-21-5-7-22/h8-9,13,21H,2-7H2,1H3/t13-/m1/s1. The fourth-order valence-electron chi connectivity index (χ4n) is 2.80. The van der Waals surface area contributed by atoms with Crippen molar-refractivity contribution >= 4 is 0 Å². The molecule has 1 aromatic carbocycles. The molecule has 0 aromatic heterocycles. The van der Waals surface area contributed by atoms with E-state index in [1.807, 2.05) is 0 Å². The van der Waals surface area contributed by atoms with Crippen LogP contribution in [0.15, 0.2) is 12.1 Å². The third-order valence-corrected chi connectivity index (χ3v) is 3.92. The third kappa shape index (κ3) is 4.78. The largest absolute Gasteiger partial charge is 0.497 e. The number of hydrogen-bond donors (Lipinski definition) is 1. The van der Waals surface area contributed by atoms with Gasteiger partial charge in [-0.05, 0) is 6.42 Å². The Morgan fingerprint density at radius 2 is 1.74 bits per heavy atom. The van der Waals surface area contributed by atoms with Crippen molar-refractivity contribution < 1.29 is 26.7 Å². The topological polar surface area (TPSA) is 24.5 Å². The number of hydrogen-bond acceptors (Lipinski definition) is 3. The van der Waals surface area contributed by atoms with E-state index in [4.69, 9.17) is 4.74 Å². The summed E-state index contributed by atoms with van der Waals surface area (Å²) < 4.78 is 71.1. The molecule has 130 valence electrons. The smallest absolute Gasteiger partial charge is 0.389 e. The molecule has 0 spiro atoms. The first kappa shape index (κ1) is 17.9. The fraction of sp³-hybridized carbons (Fsp3) is 0.600. The average Bonchev–Trinajstić information content (AvgIpc) is 2.49. The predicted octanol–water partition coefficient (Wildman–Crippen LogP) is 3.26. The number of halogens is 5. The zero-order valence-corrected chi connectivity index (χ0v) is 12.7. The van der Waals surface area contributed by atoms with Crippen LogP contribution in [0.25, 0.3) is 0 Å². The summed E-state index contributed by atoms with van der Waals surface area (Å²) in [6, 6.07) is 1.05. The first-order chi connectivity index (χ1) is 10.8. The lowest BCUT2D eigenvalue weighted by molar-refractivity contribution is -0.138. The minimum atomic E-state index is -4.37. The Morgan fingerprint density at radius 1 is 1.17 bits per heavy atom. The number of ether oxygens (including phenoxy) is 1. The molecular formula is C15H19F5N2O. The summed E-state index contributed by atoms with van der Waals surface area (Å²) in [4.78, 5) is 1.69. The van der Waals surface area contributed by atoms with Crippen molar-refractivity contribution in [1.29, 1.82) is 0 Å². The maximum absolute atomic E-state index is 14.3. The van der Waals surface area contributed by atoms with Crippen LogP contribution in [0.4, 0.5) is 22.0 Å². The van der Waals surface area contributed by atoms with Crippen LogP contribution in [-0.2, 0) is 0 Å². The van der Waals surface area contributed by atoms with E-state index >= 15 is 0 Å². The van der Waals surface area contributed by atoms with Gasteiger partial charge in [0, 0.05) is 56.3 Å². The first-order valence-electron chi connectivity index (χ1n) is 7.36. The summed E-state index contributed by atoms with van der Waals surface area (Å²) in [5.74, 6) is -1.77. The van der Waals surface area contributed by atoms with Crippen molar-refractivity contribution in [1.82, 2.24) is 10.2 Å². The molecule has 1 fully saturated rings. The van der Waals surface area contributed by atoms with Crippen molar-refractivity contribution in [2.75, 3.05) is 33.3 Å². The van der Waals surface area contributed by atoms with Gasteiger partial charge in [0.2, 0.25) is 0 Å². The SMILES string of the molecule is COc1cc(F)c([C@@H](CCC(F)(F)F)N2CCNCC2)c(F)c1. The molecular weight excluding hydrogens is 319 g/mol. The Kier molecular flexibility index (Phi) is 5.80. The lowest BCUT2D eigenvalue weighted by atomic mass is 9.97. The molecule has 1 saturated heterocycles. The number of benzene rings is 1. The lowest BCUT2D eigenvalue weighted by Gasteiger charge is -2.35. The van der Waals surface area contributed by atoms with Gasteiger partial charge in [0.25, 0.3) is 0 Å². The van der Waals surface area contributed by atoms with Gasteiger partial charge in [0.1, 0.15) is 17.4 Å². The molecule has 3 nitrogen and oxygen atoms in total. The average molecular weight is 338 g/mol. The highest BCUT2D eigenvalue weighted by Crippen LogP contribution is 2.35. The van der Waals surface area contributed by atoms with Crippen LogP contribution >= 0.6 is 0 Å². The zero-order chi connectivity index (χ0) is 17.0. The summed E-state index contributed by atoms with van der Waals surface area (Å²) in [6.45, 7) is 2.02. The van der Waals surface area contributed by atoms with Crippen LogP contribution in [0.1, 0.15) is 24.4 Å². The summed E-state index contributed by atoms with van der Waals surface area (Å²) in [6.07, 6.45) is -5.85. The highest BCUT2D eigenvalue weighted by Gasteiger charge is 2.33. The van der Waals surface area contributed by atoms with Gasteiger partial charge in [-0.15, -0.1) is 0 Å². The van der Waals surface area contributed by atoms with Crippen LogP contribution in [0.2, 0.25) is 0 Å². The normalized spacial score (nSPS) is 18.0. The maximum atomic E-state index is 14.3. The Balaban J connectivity index is 2.32. The van der Waals surface area contributed by atoms with E-state index < -0.39 is 30.3 Å². The van der Waals surface area contributed by atoms with Crippen LogP contribution in [-0.4, -0.2) is 44.4 Å². The maximum Gasteiger partial charge on any atom is 0.389 e. The molecule has 0 amide bonds. The monoisotopic (exact) mass is 338 g/mol. The molecule has 23 heavy (non-hydrogen) atoms. The molecule has 0 radical (unpaired) electrons. The Labute approximate surface area is 131 Å². The summed E-state index contributed by atoms with van der Waals surface area (Å²) >= 11 is 0. The molecule has 8 heteroatoms. The number of piperazine rings is 1. The van der Waals surface area contributed by atoms with Gasteiger partial charge < -0.3 is 10.1 Å². The number of rotatable bonds is 5. The van der Waals surface area contributed by atoms with E-state index in [-0.39, 0.29) is 17.7 Å². The third-order valence-electron chi connectivity index (χ3n) is 3.92. The van der Waals surface area contributed by atoms with E-state index in [0.29, 0.717) is 26.2 Å². The second-order valence-corrected chi connectivity index (χ2v) is 5.46.